The van der Waals surface area contributed by atoms with E-state index in [0.29, 0.717) is 28.0 Å². The Kier molecular flexibility index (Phi) is 10.4. The van der Waals surface area contributed by atoms with Crippen LogP contribution in [0.3, 0.4) is 0 Å². The topological polar surface area (TPSA) is 125 Å². The number of nitrogens with one attached hydrogen (secondary N) is 2. The number of sulfonamides is 1. The summed E-state index contributed by atoms with van der Waals surface area (Å²) in [4.78, 5) is 29.5. The monoisotopic (exact) mass is 631 g/mol. The first-order valence-electron chi connectivity index (χ1n) is 13.6. The van der Waals surface area contributed by atoms with E-state index in [1.807, 2.05) is 30.3 Å². The number of amides is 2. The van der Waals surface area contributed by atoms with Gasteiger partial charge in [-0.2, -0.15) is 0 Å². The van der Waals surface area contributed by atoms with Crippen LogP contribution >= 0.6 is 23.2 Å². The first-order chi connectivity index (χ1) is 19.9. The zero-order valence-corrected chi connectivity index (χ0v) is 25.8. The molecule has 0 saturated carbocycles. The quantitative estimate of drug-likeness (QED) is 0.267. The second-order valence-corrected chi connectivity index (χ2v) is 13.1. The van der Waals surface area contributed by atoms with E-state index in [4.69, 9.17) is 28.9 Å². The summed E-state index contributed by atoms with van der Waals surface area (Å²) < 4.78 is 25.8. The Morgan fingerprint density at radius 1 is 0.976 bits per heavy atom. The van der Waals surface area contributed by atoms with E-state index in [9.17, 15) is 18.0 Å². The Balaban J connectivity index is 1.57. The molecule has 0 spiro atoms. The van der Waals surface area contributed by atoms with Gasteiger partial charge in [0.15, 0.2) is 0 Å². The lowest BCUT2D eigenvalue weighted by atomic mass is 9.99. The standard InChI is InChI=1S/C30H35Cl2N5O4S/c1-20(37(19-29(33)38)25-12-13-26(31)27(32)17-25)30(39)34-28(18-36-14-3-4-15-36)22-10-8-21(9-11-22)23-6-5-7-24(16-23)35-42(2,40)41/h5-13,16-17,20,28,35H,3-4,14-15,18-19H2,1-2H3,(H2,33,38)(H,34,39). The van der Waals surface area contributed by atoms with Crippen molar-refractivity contribution in [2.75, 3.05) is 42.1 Å². The van der Waals surface area contributed by atoms with Crippen LogP contribution in [0, 0.1) is 0 Å². The van der Waals surface area contributed by atoms with Crippen molar-refractivity contribution in [3.8, 4) is 11.1 Å². The van der Waals surface area contributed by atoms with Crippen LogP contribution in [0.4, 0.5) is 11.4 Å². The zero-order valence-electron chi connectivity index (χ0n) is 23.5. The van der Waals surface area contributed by atoms with Crippen LogP contribution in [0.5, 0.6) is 0 Å². The summed E-state index contributed by atoms with van der Waals surface area (Å²) in [6, 6.07) is 18.9. The highest BCUT2D eigenvalue weighted by molar-refractivity contribution is 7.92. The number of halogens is 2. The van der Waals surface area contributed by atoms with Gasteiger partial charge in [-0.3, -0.25) is 14.3 Å². The number of anilines is 2. The van der Waals surface area contributed by atoms with Crippen LogP contribution in [0.15, 0.2) is 66.7 Å². The van der Waals surface area contributed by atoms with Crippen molar-refractivity contribution in [1.29, 1.82) is 0 Å². The van der Waals surface area contributed by atoms with E-state index in [0.717, 1.165) is 48.9 Å². The Bertz CT molecular complexity index is 1530. The van der Waals surface area contributed by atoms with E-state index in [1.165, 1.54) is 0 Å². The fourth-order valence-electron chi connectivity index (χ4n) is 5.06. The van der Waals surface area contributed by atoms with Crippen LogP contribution in [0.25, 0.3) is 11.1 Å². The molecule has 224 valence electrons. The molecule has 42 heavy (non-hydrogen) atoms. The van der Waals surface area contributed by atoms with Crippen LogP contribution < -0.4 is 20.7 Å². The summed E-state index contributed by atoms with van der Waals surface area (Å²) in [5.74, 6) is -0.851. The minimum Gasteiger partial charge on any atom is -0.368 e. The number of nitrogens with two attached hydrogens (primary N) is 1. The number of carbonyl (C=O) groups excluding carboxylic acids is 2. The Morgan fingerprint density at radius 3 is 2.29 bits per heavy atom. The lowest BCUT2D eigenvalue weighted by Gasteiger charge is -2.32. The number of primary amides is 1. The van der Waals surface area contributed by atoms with Gasteiger partial charge in [0.2, 0.25) is 21.8 Å². The second-order valence-electron chi connectivity index (χ2n) is 10.5. The highest BCUT2D eigenvalue weighted by atomic mass is 35.5. The zero-order chi connectivity index (χ0) is 30.4. The molecular weight excluding hydrogens is 597 g/mol. The molecule has 1 heterocycles. The van der Waals surface area contributed by atoms with E-state index in [-0.39, 0.29) is 18.5 Å². The summed E-state index contributed by atoms with van der Waals surface area (Å²) >= 11 is 12.3. The molecule has 2 atom stereocenters. The summed E-state index contributed by atoms with van der Waals surface area (Å²) in [5, 5.41) is 3.86. The molecule has 0 aliphatic carbocycles. The first-order valence-corrected chi connectivity index (χ1v) is 16.3. The number of rotatable bonds is 12. The highest BCUT2D eigenvalue weighted by Gasteiger charge is 2.28. The van der Waals surface area contributed by atoms with Gasteiger partial charge in [-0.1, -0.05) is 59.6 Å². The van der Waals surface area contributed by atoms with Gasteiger partial charge in [0, 0.05) is 17.9 Å². The SMILES string of the molecule is CC(C(=O)NC(CN1CCCC1)c1ccc(-c2cccc(NS(C)(=O)=O)c2)cc1)N(CC(N)=O)c1ccc(Cl)c(Cl)c1. The molecule has 1 fully saturated rings. The normalized spacial score (nSPS) is 15.1. The Labute approximate surface area is 257 Å². The number of nitrogens with zero attached hydrogens (tertiary/aromatic N) is 2. The molecule has 9 nitrogen and oxygen atoms in total. The van der Waals surface area contributed by atoms with Gasteiger partial charge >= 0.3 is 0 Å². The second kappa shape index (κ2) is 13.8. The molecule has 1 saturated heterocycles. The smallest absolute Gasteiger partial charge is 0.242 e. The molecule has 3 aromatic rings. The lowest BCUT2D eigenvalue weighted by Crippen LogP contribution is -2.50. The van der Waals surface area contributed by atoms with Gasteiger partial charge in [-0.15, -0.1) is 0 Å². The molecule has 1 aliphatic rings. The average molecular weight is 633 g/mol. The third-order valence-electron chi connectivity index (χ3n) is 7.18. The molecule has 4 rings (SSSR count). The van der Waals surface area contributed by atoms with Gasteiger partial charge in [0.05, 0.1) is 28.9 Å². The van der Waals surface area contributed by atoms with Crippen molar-refractivity contribution in [3.05, 3.63) is 82.3 Å². The van der Waals surface area contributed by atoms with Gasteiger partial charge in [-0.25, -0.2) is 8.42 Å². The van der Waals surface area contributed by atoms with Crippen LogP contribution in [0.1, 0.15) is 31.4 Å². The highest BCUT2D eigenvalue weighted by Crippen LogP contribution is 2.29. The largest absolute Gasteiger partial charge is 0.368 e. The summed E-state index contributed by atoms with van der Waals surface area (Å²) in [6.07, 6.45) is 3.33. The predicted octanol–water partition coefficient (Wildman–Crippen LogP) is 4.67. The maximum atomic E-state index is 13.7. The Morgan fingerprint density at radius 2 is 1.67 bits per heavy atom. The minimum atomic E-state index is -3.40. The molecule has 0 radical (unpaired) electrons. The van der Waals surface area contributed by atoms with Crippen LogP contribution in [-0.2, 0) is 19.6 Å². The van der Waals surface area contributed by atoms with Crippen molar-refractivity contribution in [1.82, 2.24) is 10.2 Å². The number of hydrogen-bond donors (Lipinski definition) is 3. The minimum absolute atomic E-state index is 0.175. The van der Waals surface area contributed by atoms with E-state index < -0.39 is 22.0 Å². The molecule has 3 aromatic carbocycles. The fraction of sp³-hybridized carbons (Fsp3) is 0.333. The van der Waals surface area contributed by atoms with E-state index in [1.54, 1.807) is 48.2 Å². The third-order valence-corrected chi connectivity index (χ3v) is 8.52. The van der Waals surface area contributed by atoms with Crippen molar-refractivity contribution in [2.24, 2.45) is 5.73 Å². The molecule has 2 amide bonds. The van der Waals surface area contributed by atoms with Gasteiger partial charge in [0.25, 0.3) is 0 Å². The van der Waals surface area contributed by atoms with E-state index in [2.05, 4.69) is 14.9 Å². The fourth-order valence-corrected chi connectivity index (χ4v) is 5.91. The third kappa shape index (κ3) is 8.61. The molecule has 2 unspecified atom stereocenters. The van der Waals surface area contributed by atoms with Crippen molar-refractivity contribution in [2.45, 2.75) is 31.8 Å². The molecule has 0 bridgehead atoms. The van der Waals surface area contributed by atoms with Crippen LogP contribution in [0.2, 0.25) is 10.0 Å². The van der Waals surface area contributed by atoms with E-state index >= 15 is 0 Å². The summed E-state index contributed by atoms with van der Waals surface area (Å²) in [5.41, 5.74) is 9.25. The van der Waals surface area contributed by atoms with Gasteiger partial charge < -0.3 is 20.9 Å². The Hall–Kier alpha value is -3.31. The molecule has 12 heteroatoms. The first kappa shape index (κ1) is 31.6. The molecule has 1 aliphatic heterocycles. The maximum absolute atomic E-state index is 13.7. The summed E-state index contributed by atoms with van der Waals surface area (Å²) in [7, 11) is -3.40. The van der Waals surface area contributed by atoms with Crippen molar-refractivity contribution >= 4 is 56.4 Å². The molecule has 4 N–H and O–H groups in total. The van der Waals surface area contributed by atoms with Crippen LogP contribution in [-0.4, -0.2) is 63.6 Å². The van der Waals surface area contributed by atoms with Gasteiger partial charge in [-0.05, 0) is 79.9 Å². The lowest BCUT2D eigenvalue weighted by molar-refractivity contribution is -0.123. The van der Waals surface area contributed by atoms with Crippen molar-refractivity contribution in [3.63, 3.8) is 0 Å². The molecular formula is C30H35Cl2N5O4S. The van der Waals surface area contributed by atoms with Crippen molar-refractivity contribution < 1.29 is 18.0 Å². The predicted molar refractivity (Wildman–Crippen MR) is 169 cm³/mol. The average Bonchev–Trinajstić information content (AvgIpc) is 3.45. The van der Waals surface area contributed by atoms with Gasteiger partial charge in [0.1, 0.15) is 6.04 Å². The number of carbonyl (C=O) groups is 2. The summed E-state index contributed by atoms with van der Waals surface area (Å²) in [6.45, 7) is 4.09. The number of likely N-dealkylation sites (tertiary alicyclic amines) is 1. The number of hydrogen-bond acceptors (Lipinski definition) is 6. The molecule has 0 aromatic heterocycles. The number of benzene rings is 3. The maximum Gasteiger partial charge on any atom is 0.242 e.